The molecule has 0 aliphatic rings. The maximum atomic E-state index is 11.2. The first-order chi connectivity index (χ1) is 9.60. The molecule has 0 unspecified atom stereocenters. The third-order valence-corrected chi connectivity index (χ3v) is 2.95. The summed E-state index contributed by atoms with van der Waals surface area (Å²) in [7, 11) is 3.41. The van der Waals surface area contributed by atoms with Gasteiger partial charge < -0.3 is 14.3 Å². The van der Waals surface area contributed by atoms with Gasteiger partial charge >= 0.3 is 5.97 Å². The molecule has 0 saturated carbocycles. The third-order valence-electron chi connectivity index (χ3n) is 2.95. The van der Waals surface area contributed by atoms with E-state index in [9.17, 15) is 4.79 Å². The van der Waals surface area contributed by atoms with Crippen LogP contribution in [0, 0.1) is 0 Å². The molecule has 1 N–H and O–H groups in total. The van der Waals surface area contributed by atoms with E-state index in [1.54, 1.807) is 18.4 Å². The van der Waals surface area contributed by atoms with Gasteiger partial charge in [-0.1, -0.05) is 6.07 Å². The molecule has 0 spiro atoms. The summed E-state index contributed by atoms with van der Waals surface area (Å²) in [5.74, 6) is 0.256. The number of carboxylic acid groups (broad SMARTS) is 1. The van der Waals surface area contributed by atoms with Crippen LogP contribution in [0.3, 0.4) is 0 Å². The van der Waals surface area contributed by atoms with Crippen LogP contribution in [0.15, 0.2) is 41.0 Å². The molecule has 5 nitrogen and oxygen atoms in total. The summed E-state index contributed by atoms with van der Waals surface area (Å²) in [6.45, 7) is 1.30. The van der Waals surface area contributed by atoms with Gasteiger partial charge in [-0.15, -0.1) is 0 Å². The summed E-state index contributed by atoms with van der Waals surface area (Å²) in [5, 5.41) is 9.15. The number of rotatable bonds is 6. The van der Waals surface area contributed by atoms with Crippen molar-refractivity contribution in [3.63, 3.8) is 0 Å². The van der Waals surface area contributed by atoms with Crippen LogP contribution in [0.4, 0.5) is 0 Å². The molecule has 0 fully saturated rings. The molecular formula is C15H17NO4. The van der Waals surface area contributed by atoms with Crippen LogP contribution in [-0.4, -0.2) is 30.1 Å². The number of aromatic carboxylic acids is 1. The Morgan fingerprint density at radius 3 is 2.75 bits per heavy atom. The molecule has 0 aliphatic heterocycles. The lowest BCUT2D eigenvalue weighted by Gasteiger charge is -2.16. The molecule has 2 rings (SSSR count). The van der Waals surface area contributed by atoms with E-state index in [0.29, 0.717) is 18.8 Å². The summed E-state index contributed by atoms with van der Waals surface area (Å²) < 4.78 is 10.3. The fourth-order valence-corrected chi connectivity index (χ4v) is 2.06. The largest absolute Gasteiger partial charge is 0.496 e. The van der Waals surface area contributed by atoms with Gasteiger partial charge in [0.2, 0.25) is 0 Å². The van der Waals surface area contributed by atoms with E-state index in [4.69, 9.17) is 14.3 Å². The minimum Gasteiger partial charge on any atom is -0.496 e. The van der Waals surface area contributed by atoms with E-state index in [1.165, 1.54) is 7.11 Å². The van der Waals surface area contributed by atoms with Gasteiger partial charge in [0.25, 0.3) is 0 Å². The van der Waals surface area contributed by atoms with Crippen LogP contribution in [0.1, 0.15) is 21.7 Å². The summed E-state index contributed by atoms with van der Waals surface area (Å²) in [6.07, 6.45) is 1.64. The van der Waals surface area contributed by atoms with Gasteiger partial charge in [0.15, 0.2) is 0 Å². The Morgan fingerprint density at radius 1 is 1.35 bits per heavy atom. The zero-order valence-corrected chi connectivity index (χ0v) is 11.5. The van der Waals surface area contributed by atoms with Crippen LogP contribution < -0.4 is 4.74 Å². The Morgan fingerprint density at radius 2 is 2.15 bits per heavy atom. The average Bonchev–Trinajstić information content (AvgIpc) is 2.91. The fraction of sp³-hybridized carbons (Fsp3) is 0.267. The number of methoxy groups -OCH3 is 1. The number of carboxylic acids is 1. The smallest absolute Gasteiger partial charge is 0.339 e. The van der Waals surface area contributed by atoms with Crippen LogP contribution in [0.5, 0.6) is 5.75 Å². The lowest BCUT2D eigenvalue weighted by Crippen LogP contribution is -2.17. The highest BCUT2D eigenvalue weighted by molar-refractivity contribution is 5.91. The molecule has 1 aromatic carbocycles. The molecule has 20 heavy (non-hydrogen) atoms. The number of benzene rings is 1. The van der Waals surface area contributed by atoms with Gasteiger partial charge in [-0.05, 0) is 36.9 Å². The van der Waals surface area contributed by atoms with E-state index in [1.807, 2.05) is 30.1 Å². The van der Waals surface area contributed by atoms with Gasteiger partial charge in [0, 0.05) is 6.54 Å². The van der Waals surface area contributed by atoms with Gasteiger partial charge in [0.05, 0.1) is 19.9 Å². The molecule has 0 bridgehead atoms. The quantitative estimate of drug-likeness (QED) is 0.878. The zero-order chi connectivity index (χ0) is 14.5. The van der Waals surface area contributed by atoms with Crippen molar-refractivity contribution in [3.8, 4) is 5.75 Å². The molecule has 0 amide bonds. The highest BCUT2D eigenvalue weighted by atomic mass is 16.5. The van der Waals surface area contributed by atoms with E-state index in [0.717, 1.165) is 11.3 Å². The molecule has 0 atom stereocenters. The van der Waals surface area contributed by atoms with Crippen LogP contribution >= 0.6 is 0 Å². The third kappa shape index (κ3) is 3.39. The maximum Gasteiger partial charge on any atom is 0.339 e. The van der Waals surface area contributed by atoms with E-state index in [-0.39, 0.29) is 5.56 Å². The minimum atomic E-state index is -0.989. The van der Waals surface area contributed by atoms with Crippen molar-refractivity contribution in [2.45, 2.75) is 13.1 Å². The minimum absolute atomic E-state index is 0.177. The number of hydrogen-bond acceptors (Lipinski definition) is 4. The summed E-state index contributed by atoms with van der Waals surface area (Å²) >= 11 is 0. The Hall–Kier alpha value is -2.27. The Kier molecular flexibility index (Phi) is 4.42. The first-order valence-electron chi connectivity index (χ1n) is 6.21. The summed E-state index contributed by atoms with van der Waals surface area (Å²) in [5.41, 5.74) is 1.09. The fourth-order valence-electron chi connectivity index (χ4n) is 2.06. The summed E-state index contributed by atoms with van der Waals surface area (Å²) in [6, 6.07) is 8.94. The first-order valence-corrected chi connectivity index (χ1v) is 6.21. The number of furan rings is 1. The predicted octanol–water partition coefficient (Wildman–Crippen LogP) is 2.62. The molecule has 0 aliphatic carbocycles. The molecule has 2 aromatic rings. The molecule has 0 radical (unpaired) electrons. The predicted molar refractivity (Wildman–Crippen MR) is 73.8 cm³/mol. The average molecular weight is 275 g/mol. The molecule has 1 aromatic heterocycles. The monoisotopic (exact) mass is 275 g/mol. The summed E-state index contributed by atoms with van der Waals surface area (Å²) in [4.78, 5) is 13.2. The van der Waals surface area contributed by atoms with E-state index in [2.05, 4.69) is 0 Å². The molecule has 0 saturated heterocycles. The normalized spacial score (nSPS) is 10.8. The van der Waals surface area contributed by atoms with Crippen molar-refractivity contribution >= 4 is 5.97 Å². The van der Waals surface area contributed by atoms with Gasteiger partial charge in [-0.2, -0.15) is 0 Å². The maximum absolute atomic E-state index is 11.2. The van der Waals surface area contributed by atoms with E-state index >= 15 is 0 Å². The number of ether oxygens (including phenoxy) is 1. The van der Waals surface area contributed by atoms with Crippen LogP contribution in [-0.2, 0) is 13.1 Å². The van der Waals surface area contributed by atoms with Crippen LogP contribution in [0.25, 0.3) is 0 Å². The zero-order valence-electron chi connectivity index (χ0n) is 11.5. The molecule has 106 valence electrons. The Labute approximate surface area is 117 Å². The van der Waals surface area contributed by atoms with Crippen molar-refractivity contribution in [2.75, 3.05) is 14.2 Å². The lowest BCUT2D eigenvalue weighted by molar-refractivity contribution is 0.0693. The second kappa shape index (κ2) is 6.25. The van der Waals surface area contributed by atoms with Gasteiger partial charge in [-0.3, -0.25) is 4.90 Å². The molecule has 5 heteroatoms. The highest BCUT2D eigenvalue weighted by Gasteiger charge is 2.12. The van der Waals surface area contributed by atoms with Crippen molar-refractivity contribution < 1.29 is 19.1 Å². The van der Waals surface area contributed by atoms with Gasteiger partial charge in [-0.25, -0.2) is 4.79 Å². The second-order valence-electron chi connectivity index (χ2n) is 4.59. The number of hydrogen-bond donors (Lipinski definition) is 1. The van der Waals surface area contributed by atoms with Crippen LogP contribution in [0.2, 0.25) is 0 Å². The molecular weight excluding hydrogens is 258 g/mol. The van der Waals surface area contributed by atoms with Crippen molar-refractivity contribution in [2.24, 2.45) is 0 Å². The van der Waals surface area contributed by atoms with Gasteiger partial charge in [0.1, 0.15) is 17.1 Å². The first kappa shape index (κ1) is 14.1. The van der Waals surface area contributed by atoms with Crippen molar-refractivity contribution in [3.05, 3.63) is 53.5 Å². The topological polar surface area (TPSA) is 62.9 Å². The molecule has 1 heterocycles. The highest BCUT2D eigenvalue weighted by Crippen LogP contribution is 2.21. The van der Waals surface area contributed by atoms with Crippen molar-refractivity contribution in [1.82, 2.24) is 4.90 Å². The Bertz CT molecular complexity index is 578. The van der Waals surface area contributed by atoms with Crippen molar-refractivity contribution in [1.29, 1.82) is 0 Å². The number of nitrogens with zero attached hydrogens (tertiary/aromatic N) is 1. The lowest BCUT2D eigenvalue weighted by atomic mass is 10.1. The number of carbonyl (C=O) groups is 1. The Balaban J connectivity index is 2.09. The SMILES string of the molecule is COc1ccc(CN(C)Cc2ccco2)cc1C(=O)O. The second-order valence-corrected chi connectivity index (χ2v) is 4.59. The van der Waals surface area contributed by atoms with E-state index < -0.39 is 5.97 Å². The standard InChI is InChI=1S/C15H17NO4/c1-16(10-12-4-3-7-20-12)9-11-5-6-14(19-2)13(8-11)15(17)18/h3-8H,9-10H2,1-2H3,(H,17,18).